The zero-order valence-electron chi connectivity index (χ0n) is 11.4. The Morgan fingerprint density at radius 3 is 2.06 bits per heavy atom. The van der Waals surface area contributed by atoms with Gasteiger partial charge < -0.3 is 4.74 Å². The first kappa shape index (κ1) is 12.4. The summed E-state index contributed by atoms with van der Waals surface area (Å²) in [7, 11) is 0. The third-order valence-electron chi connectivity index (χ3n) is 5.41. The first-order valence-corrected chi connectivity index (χ1v) is 7.35. The molecule has 0 N–H and O–H groups in total. The van der Waals surface area contributed by atoms with Crippen LogP contribution in [0.5, 0.6) is 0 Å². The minimum absolute atomic E-state index is 0.227. The Morgan fingerprint density at radius 1 is 1.22 bits per heavy atom. The van der Waals surface area contributed by atoms with Crippen molar-refractivity contribution in [2.45, 2.75) is 64.6 Å². The molecule has 4 saturated carbocycles. The summed E-state index contributed by atoms with van der Waals surface area (Å²) >= 11 is 0. The lowest BCUT2D eigenvalue weighted by Crippen LogP contribution is -2.51. The predicted molar refractivity (Wildman–Crippen MR) is 66.5 cm³/mol. The van der Waals surface area contributed by atoms with E-state index in [9.17, 15) is 9.18 Å². The summed E-state index contributed by atoms with van der Waals surface area (Å²) in [6.07, 6.45) is 6.91. The van der Waals surface area contributed by atoms with Crippen LogP contribution in [-0.2, 0) is 9.53 Å². The Hall–Kier alpha value is -0.600. The maximum Gasteiger partial charge on any atom is 0.314 e. The lowest BCUT2D eigenvalue weighted by atomic mass is 9.49. The molecule has 102 valence electrons. The smallest absolute Gasteiger partial charge is 0.314 e. The number of halogens is 1. The quantitative estimate of drug-likeness (QED) is 0.715. The fourth-order valence-corrected chi connectivity index (χ4v) is 4.73. The highest BCUT2D eigenvalue weighted by atomic mass is 19.2. The molecule has 4 rings (SSSR count). The molecule has 4 bridgehead atoms. The Morgan fingerprint density at radius 2 is 1.67 bits per heavy atom. The average Bonchev–Trinajstić information content (AvgIpc) is 2.26. The van der Waals surface area contributed by atoms with Gasteiger partial charge in [0.05, 0.1) is 5.41 Å². The maximum atomic E-state index is 13.9. The molecule has 0 radical (unpaired) electrons. The van der Waals surface area contributed by atoms with Crippen LogP contribution in [0.1, 0.15) is 58.8 Å². The van der Waals surface area contributed by atoms with Crippen LogP contribution in [0.2, 0.25) is 0 Å². The topological polar surface area (TPSA) is 26.3 Å². The summed E-state index contributed by atoms with van der Waals surface area (Å²) < 4.78 is 19.1. The van der Waals surface area contributed by atoms with Crippen LogP contribution in [0.3, 0.4) is 0 Å². The van der Waals surface area contributed by atoms with Crippen molar-refractivity contribution in [2.24, 2.45) is 23.2 Å². The van der Waals surface area contributed by atoms with Gasteiger partial charge in [-0.1, -0.05) is 6.92 Å². The number of alkyl halides is 1. The second-order valence-electron chi connectivity index (χ2n) is 7.04. The number of carbonyl (C=O) groups excluding carboxylic acids is 1. The van der Waals surface area contributed by atoms with Gasteiger partial charge in [-0.3, -0.25) is 4.79 Å². The zero-order chi connectivity index (χ0) is 13.0. The molecule has 0 aromatic carbocycles. The Kier molecular flexibility index (Phi) is 2.73. The number of rotatable bonds is 3. The van der Waals surface area contributed by atoms with Gasteiger partial charge in [-0.2, -0.15) is 4.39 Å². The maximum absolute atomic E-state index is 13.9. The van der Waals surface area contributed by atoms with E-state index in [1.54, 1.807) is 6.92 Å². The molecular weight excluding hydrogens is 231 g/mol. The molecule has 2 nitrogen and oxygen atoms in total. The largest absolute Gasteiger partial charge is 0.428 e. The minimum atomic E-state index is -1.79. The molecule has 1 unspecified atom stereocenters. The van der Waals surface area contributed by atoms with Gasteiger partial charge in [0.2, 0.25) is 5.85 Å². The van der Waals surface area contributed by atoms with Crippen molar-refractivity contribution in [1.29, 1.82) is 0 Å². The standard InChI is InChI=1S/C15H23FO2/c1-3-14(2,16)18-13(17)15-7-10-4-11(8-15)6-12(5-10)9-15/h10-12H,3-9H2,1-2H3. The van der Waals surface area contributed by atoms with E-state index in [0.29, 0.717) is 17.8 Å². The Bertz CT molecular complexity index is 326. The van der Waals surface area contributed by atoms with Crippen LogP contribution in [0.15, 0.2) is 0 Å². The summed E-state index contributed by atoms with van der Waals surface area (Å²) in [5.74, 6) is 0.0257. The molecule has 4 aliphatic carbocycles. The molecule has 3 heteroatoms. The fraction of sp³-hybridized carbons (Fsp3) is 0.933. The zero-order valence-corrected chi connectivity index (χ0v) is 11.4. The molecule has 4 aliphatic rings. The molecule has 0 saturated heterocycles. The van der Waals surface area contributed by atoms with E-state index in [4.69, 9.17) is 4.74 Å². The van der Waals surface area contributed by atoms with Gasteiger partial charge in [0, 0.05) is 13.3 Å². The van der Waals surface area contributed by atoms with Crippen molar-refractivity contribution in [1.82, 2.24) is 0 Å². The number of esters is 1. The SMILES string of the molecule is CCC(C)(F)OC(=O)C12CC3CC(CC(C3)C1)C2. The summed E-state index contributed by atoms with van der Waals surface area (Å²) in [6, 6.07) is 0. The van der Waals surface area contributed by atoms with Crippen LogP contribution in [-0.4, -0.2) is 11.8 Å². The van der Waals surface area contributed by atoms with Crippen LogP contribution >= 0.6 is 0 Å². The molecule has 0 heterocycles. The van der Waals surface area contributed by atoms with Crippen LogP contribution in [0.4, 0.5) is 4.39 Å². The summed E-state index contributed by atoms with van der Waals surface area (Å²) in [6.45, 7) is 3.08. The fourth-order valence-electron chi connectivity index (χ4n) is 4.73. The Labute approximate surface area is 108 Å². The molecule has 0 aromatic rings. The highest BCUT2D eigenvalue weighted by Crippen LogP contribution is 2.60. The van der Waals surface area contributed by atoms with Crippen LogP contribution in [0.25, 0.3) is 0 Å². The van der Waals surface area contributed by atoms with Crippen molar-refractivity contribution in [3.05, 3.63) is 0 Å². The van der Waals surface area contributed by atoms with Crippen molar-refractivity contribution in [2.75, 3.05) is 0 Å². The number of ether oxygens (including phenoxy) is 1. The number of hydrogen-bond donors (Lipinski definition) is 0. The second kappa shape index (κ2) is 3.94. The molecular formula is C15H23FO2. The molecule has 0 aromatic heterocycles. The van der Waals surface area contributed by atoms with Gasteiger partial charge in [-0.15, -0.1) is 0 Å². The van der Waals surface area contributed by atoms with Crippen molar-refractivity contribution in [3.63, 3.8) is 0 Å². The van der Waals surface area contributed by atoms with Crippen molar-refractivity contribution in [3.8, 4) is 0 Å². The number of hydrogen-bond acceptors (Lipinski definition) is 2. The third kappa shape index (κ3) is 1.96. The van der Waals surface area contributed by atoms with E-state index < -0.39 is 5.85 Å². The molecule has 0 spiro atoms. The van der Waals surface area contributed by atoms with Gasteiger partial charge in [-0.05, 0) is 56.3 Å². The first-order valence-electron chi connectivity index (χ1n) is 7.35. The van der Waals surface area contributed by atoms with Gasteiger partial charge in [0.1, 0.15) is 0 Å². The van der Waals surface area contributed by atoms with E-state index >= 15 is 0 Å². The highest BCUT2D eigenvalue weighted by Gasteiger charge is 2.56. The summed E-state index contributed by atoms with van der Waals surface area (Å²) in [4.78, 5) is 12.4. The van der Waals surface area contributed by atoms with Crippen LogP contribution < -0.4 is 0 Å². The van der Waals surface area contributed by atoms with Gasteiger partial charge in [0.25, 0.3) is 0 Å². The molecule has 4 fully saturated rings. The van der Waals surface area contributed by atoms with E-state index in [2.05, 4.69) is 0 Å². The third-order valence-corrected chi connectivity index (χ3v) is 5.41. The Balaban J connectivity index is 1.77. The minimum Gasteiger partial charge on any atom is -0.428 e. The monoisotopic (exact) mass is 254 g/mol. The lowest BCUT2D eigenvalue weighted by molar-refractivity contribution is -0.203. The summed E-state index contributed by atoms with van der Waals surface area (Å²) in [5, 5.41) is 0. The first-order chi connectivity index (χ1) is 8.42. The van der Waals surface area contributed by atoms with E-state index in [1.807, 2.05) is 0 Å². The normalized spacial score (nSPS) is 44.7. The highest BCUT2D eigenvalue weighted by molar-refractivity contribution is 5.77. The van der Waals surface area contributed by atoms with E-state index in [1.165, 1.54) is 26.2 Å². The van der Waals surface area contributed by atoms with Gasteiger partial charge in [0.15, 0.2) is 0 Å². The predicted octanol–water partition coefficient (Wildman–Crippen LogP) is 3.84. The second-order valence-corrected chi connectivity index (χ2v) is 7.04. The summed E-state index contributed by atoms with van der Waals surface area (Å²) in [5.41, 5.74) is -0.336. The van der Waals surface area contributed by atoms with Gasteiger partial charge in [-0.25, -0.2) is 0 Å². The average molecular weight is 254 g/mol. The van der Waals surface area contributed by atoms with E-state index in [0.717, 1.165) is 19.3 Å². The molecule has 0 amide bonds. The van der Waals surface area contributed by atoms with Crippen molar-refractivity contribution >= 4 is 5.97 Å². The molecule has 1 atom stereocenters. The van der Waals surface area contributed by atoms with E-state index in [-0.39, 0.29) is 17.8 Å². The van der Waals surface area contributed by atoms with Crippen LogP contribution in [0, 0.1) is 23.2 Å². The molecule has 0 aliphatic heterocycles. The van der Waals surface area contributed by atoms with Gasteiger partial charge >= 0.3 is 5.97 Å². The van der Waals surface area contributed by atoms with Crippen molar-refractivity contribution < 1.29 is 13.9 Å². The number of carbonyl (C=O) groups is 1. The lowest BCUT2D eigenvalue weighted by Gasteiger charge is -2.55. The molecule has 18 heavy (non-hydrogen) atoms.